The Morgan fingerprint density at radius 2 is 2.08 bits per heavy atom. The number of hydrogen-bond donors (Lipinski definition) is 1. The maximum absolute atomic E-state index is 13.3. The smallest absolute Gasteiger partial charge is 0.255 e. The van der Waals surface area contributed by atoms with E-state index in [-0.39, 0.29) is 12.6 Å². The third kappa shape index (κ3) is 5.64. The van der Waals surface area contributed by atoms with Gasteiger partial charge in [-0.3, -0.25) is 9.48 Å². The number of aromatic nitrogens is 6. The van der Waals surface area contributed by atoms with Crippen LogP contribution in [0.25, 0.3) is 33.5 Å². The van der Waals surface area contributed by atoms with Crippen molar-refractivity contribution in [2.75, 3.05) is 13.2 Å². The molecule has 0 saturated heterocycles. The number of benzene rings is 1. The van der Waals surface area contributed by atoms with Crippen molar-refractivity contribution in [3.8, 4) is 11.4 Å². The topological polar surface area (TPSA) is 113 Å². The second-order valence-corrected chi connectivity index (χ2v) is 16.4. The molecule has 12 heteroatoms. The van der Waals surface area contributed by atoms with Crippen molar-refractivity contribution in [3.05, 3.63) is 59.5 Å². The highest BCUT2D eigenvalue weighted by Crippen LogP contribution is 2.30. The third-order valence-corrected chi connectivity index (χ3v) is 8.14. The summed E-state index contributed by atoms with van der Waals surface area (Å²) in [6, 6.07) is 6.65. The molecule has 0 aliphatic rings. The SMILES string of the molecule is Cn1nc(-c2cnc3c(n2)c(C(=O)NCCc2ncco2)cn3COCC[Si](C)(C)C)c2ccc(Cl)cc21. The van der Waals surface area contributed by atoms with Gasteiger partial charge in [0.25, 0.3) is 5.91 Å². The lowest BCUT2D eigenvalue weighted by Crippen LogP contribution is -2.25. The summed E-state index contributed by atoms with van der Waals surface area (Å²) in [5.41, 5.74) is 3.59. The molecule has 0 spiro atoms. The molecule has 0 aliphatic heterocycles. The van der Waals surface area contributed by atoms with E-state index < -0.39 is 8.07 Å². The van der Waals surface area contributed by atoms with E-state index in [1.165, 1.54) is 6.26 Å². The molecule has 0 fully saturated rings. The molecule has 0 atom stereocenters. The van der Waals surface area contributed by atoms with E-state index in [4.69, 9.17) is 30.7 Å². The van der Waals surface area contributed by atoms with Gasteiger partial charge in [-0.1, -0.05) is 31.2 Å². The molecule has 198 valence electrons. The van der Waals surface area contributed by atoms with E-state index in [1.807, 2.05) is 29.8 Å². The minimum Gasteiger partial charge on any atom is -0.449 e. The van der Waals surface area contributed by atoms with Crippen LogP contribution in [0.1, 0.15) is 16.2 Å². The molecule has 0 bridgehead atoms. The molecule has 38 heavy (non-hydrogen) atoms. The summed E-state index contributed by atoms with van der Waals surface area (Å²) in [7, 11) is 0.631. The first kappa shape index (κ1) is 26.1. The molecule has 4 aromatic heterocycles. The van der Waals surface area contributed by atoms with Crippen LogP contribution in [-0.2, 0) is 24.9 Å². The molecular formula is C26H30ClN7O3Si. The first-order valence-corrected chi connectivity index (χ1v) is 16.5. The van der Waals surface area contributed by atoms with E-state index in [2.05, 4.69) is 35.0 Å². The number of nitrogens with zero attached hydrogens (tertiary/aromatic N) is 6. The Bertz CT molecular complexity index is 1590. The lowest BCUT2D eigenvalue weighted by molar-refractivity contribution is 0.0892. The minimum absolute atomic E-state index is 0.258. The van der Waals surface area contributed by atoms with E-state index in [0.717, 1.165) is 16.9 Å². The average Bonchev–Trinajstić information content (AvgIpc) is 3.59. The molecule has 0 saturated carbocycles. The lowest BCUT2D eigenvalue weighted by atomic mass is 10.1. The minimum atomic E-state index is -1.23. The zero-order chi connectivity index (χ0) is 26.9. The average molecular weight is 552 g/mol. The van der Waals surface area contributed by atoms with Crippen molar-refractivity contribution in [2.45, 2.75) is 38.8 Å². The first-order chi connectivity index (χ1) is 18.2. The maximum Gasteiger partial charge on any atom is 0.255 e. The molecule has 1 amide bonds. The number of carbonyl (C=O) groups is 1. The highest BCUT2D eigenvalue weighted by Gasteiger charge is 2.21. The molecule has 0 unspecified atom stereocenters. The predicted molar refractivity (Wildman–Crippen MR) is 149 cm³/mol. The monoisotopic (exact) mass is 551 g/mol. The highest BCUT2D eigenvalue weighted by molar-refractivity contribution is 6.76. The molecule has 10 nitrogen and oxygen atoms in total. The molecule has 0 radical (unpaired) electrons. The molecule has 1 aromatic carbocycles. The Hall–Kier alpha value is -3.54. The van der Waals surface area contributed by atoms with E-state index in [1.54, 1.807) is 23.3 Å². The van der Waals surface area contributed by atoms with Crippen molar-refractivity contribution in [2.24, 2.45) is 7.05 Å². The predicted octanol–water partition coefficient (Wildman–Crippen LogP) is 4.91. The van der Waals surface area contributed by atoms with Gasteiger partial charge in [0.1, 0.15) is 29.9 Å². The summed E-state index contributed by atoms with van der Waals surface area (Å²) in [5.74, 6) is 0.305. The Morgan fingerprint density at radius 1 is 1.24 bits per heavy atom. The van der Waals surface area contributed by atoms with Gasteiger partial charge < -0.3 is 19.0 Å². The number of amides is 1. The quantitative estimate of drug-likeness (QED) is 0.194. The van der Waals surface area contributed by atoms with Gasteiger partial charge in [0.15, 0.2) is 11.5 Å². The van der Waals surface area contributed by atoms with Gasteiger partial charge in [-0.15, -0.1) is 0 Å². The zero-order valence-corrected chi connectivity index (χ0v) is 23.6. The Labute approximate surface area is 226 Å². The van der Waals surface area contributed by atoms with Crippen LogP contribution < -0.4 is 5.32 Å². The number of oxazole rings is 1. The second-order valence-electron chi connectivity index (χ2n) is 10.4. The number of halogens is 1. The summed E-state index contributed by atoms with van der Waals surface area (Å²) in [6.07, 6.45) is 7.01. The number of fused-ring (bicyclic) bond motifs is 2. The van der Waals surface area contributed by atoms with Crippen molar-refractivity contribution >= 4 is 47.6 Å². The Kier molecular flexibility index (Phi) is 7.33. The number of aryl methyl sites for hydroxylation is 1. The summed E-state index contributed by atoms with van der Waals surface area (Å²) in [5, 5.41) is 9.13. The largest absolute Gasteiger partial charge is 0.449 e. The van der Waals surface area contributed by atoms with Crippen LogP contribution in [0.3, 0.4) is 0 Å². The normalized spacial score (nSPS) is 12.0. The molecular weight excluding hydrogens is 522 g/mol. The van der Waals surface area contributed by atoms with Gasteiger partial charge in [0.05, 0.1) is 23.5 Å². The summed E-state index contributed by atoms with van der Waals surface area (Å²) < 4.78 is 14.8. The van der Waals surface area contributed by atoms with Crippen LogP contribution in [0.2, 0.25) is 30.7 Å². The van der Waals surface area contributed by atoms with Crippen LogP contribution in [0, 0.1) is 0 Å². The van der Waals surface area contributed by atoms with Crippen LogP contribution in [-0.4, -0.2) is 56.4 Å². The Morgan fingerprint density at radius 3 is 2.84 bits per heavy atom. The number of carbonyl (C=O) groups excluding carboxylic acids is 1. The zero-order valence-electron chi connectivity index (χ0n) is 21.9. The number of ether oxygens (including phenoxy) is 1. The van der Waals surface area contributed by atoms with Gasteiger partial charge in [-0.25, -0.2) is 15.0 Å². The van der Waals surface area contributed by atoms with Gasteiger partial charge in [-0.05, 0) is 24.2 Å². The standard InChI is InChI=1S/C26H30ClN7O3Si/c1-33-21-13-17(27)5-6-18(21)23(32-33)20-14-30-25-24(31-20)19(15-34(25)16-36-11-12-38(2,3)4)26(35)29-8-7-22-28-9-10-37-22/h5-6,9-10,13-15H,7-8,11-12,16H2,1-4H3,(H,29,35). The van der Waals surface area contributed by atoms with Crippen LogP contribution in [0.15, 0.2) is 47.5 Å². The van der Waals surface area contributed by atoms with E-state index >= 15 is 0 Å². The number of hydrogen-bond acceptors (Lipinski definition) is 7. The third-order valence-electron chi connectivity index (χ3n) is 6.20. The molecule has 5 rings (SSSR count). The molecule has 4 heterocycles. The van der Waals surface area contributed by atoms with Gasteiger partial charge in [-0.2, -0.15) is 5.10 Å². The summed E-state index contributed by atoms with van der Waals surface area (Å²) in [6.45, 7) is 8.24. The van der Waals surface area contributed by atoms with Crippen molar-refractivity contribution in [1.29, 1.82) is 0 Å². The second kappa shape index (κ2) is 10.7. The van der Waals surface area contributed by atoms with Crippen LogP contribution >= 0.6 is 11.6 Å². The lowest BCUT2D eigenvalue weighted by Gasteiger charge is -2.15. The highest BCUT2D eigenvalue weighted by atomic mass is 35.5. The number of nitrogens with one attached hydrogen (secondary N) is 1. The fourth-order valence-corrected chi connectivity index (χ4v) is 5.07. The van der Waals surface area contributed by atoms with Crippen LogP contribution in [0.4, 0.5) is 0 Å². The molecule has 5 aromatic rings. The fraction of sp³-hybridized carbons (Fsp3) is 0.346. The first-order valence-electron chi connectivity index (χ1n) is 12.4. The Balaban J connectivity index is 1.47. The van der Waals surface area contributed by atoms with Gasteiger partial charge >= 0.3 is 0 Å². The fourth-order valence-electron chi connectivity index (χ4n) is 4.15. The van der Waals surface area contributed by atoms with E-state index in [9.17, 15) is 4.79 Å². The summed E-state index contributed by atoms with van der Waals surface area (Å²) >= 11 is 6.20. The van der Waals surface area contributed by atoms with Crippen LogP contribution in [0.5, 0.6) is 0 Å². The maximum atomic E-state index is 13.3. The van der Waals surface area contributed by atoms with E-state index in [0.29, 0.717) is 58.6 Å². The van der Waals surface area contributed by atoms with Gasteiger partial charge in [0, 0.05) is 51.3 Å². The summed E-state index contributed by atoms with van der Waals surface area (Å²) in [4.78, 5) is 26.9. The number of rotatable bonds is 10. The van der Waals surface area contributed by atoms with Crippen molar-refractivity contribution in [1.82, 2.24) is 34.6 Å². The van der Waals surface area contributed by atoms with Crippen molar-refractivity contribution < 1.29 is 13.9 Å². The molecule has 0 aliphatic carbocycles. The van der Waals surface area contributed by atoms with Gasteiger partial charge in [0.2, 0.25) is 0 Å². The molecule has 1 N–H and O–H groups in total. The van der Waals surface area contributed by atoms with Crippen molar-refractivity contribution in [3.63, 3.8) is 0 Å².